The zero-order chi connectivity index (χ0) is 14.4. The van der Waals surface area contributed by atoms with Crippen LogP contribution < -0.4 is 10.1 Å². The van der Waals surface area contributed by atoms with Crippen molar-refractivity contribution in [1.29, 1.82) is 0 Å². The predicted molar refractivity (Wildman–Crippen MR) is 85.1 cm³/mol. The van der Waals surface area contributed by atoms with Crippen LogP contribution in [-0.4, -0.2) is 23.1 Å². The highest BCUT2D eigenvalue weighted by Gasteiger charge is 2.06. The van der Waals surface area contributed by atoms with Gasteiger partial charge < -0.3 is 10.1 Å². The normalized spacial score (nSPS) is 10.3. The molecule has 2 rings (SSSR count). The molecule has 0 fully saturated rings. The lowest BCUT2D eigenvalue weighted by Crippen LogP contribution is -2.04. The number of rotatable bonds is 6. The molecule has 0 radical (unpaired) electrons. The molecule has 0 aliphatic rings. The first kappa shape index (κ1) is 14.8. The van der Waals surface area contributed by atoms with Crippen molar-refractivity contribution in [3.63, 3.8) is 0 Å². The molecule has 1 aromatic heterocycles. The summed E-state index contributed by atoms with van der Waals surface area (Å²) in [6.45, 7) is 5.64. The summed E-state index contributed by atoms with van der Waals surface area (Å²) in [5, 5.41) is 3.28. The second-order valence-electron chi connectivity index (χ2n) is 4.27. The molecule has 1 N–H and O–H groups in total. The van der Waals surface area contributed by atoms with Gasteiger partial charge >= 0.3 is 0 Å². The minimum Gasteiger partial charge on any atom is -0.494 e. The third kappa shape index (κ3) is 3.70. The number of anilines is 1. The van der Waals surface area contributed by atoms with Gasteiger partial charge in [0.25, 0.3) is 0 Å². The number of benzene rings is 1. The summed E-state index contributed by atoms with van der Waals surface area (Å²) in [6, 6.07) is 7.81. The van der Waals surface area contributed by atoms with Gasteiger partial charge in [-0.15, -0.1) is 0 Å². The maximum absolute atomic E-state index is 5.43. The Kier molecular flexibility index (Phi) is 5.35. The average Bonchev–Trinajstić information content (AvgIpc) is 2.48. The smallest absolute Gasteiger partial charge is 0.161 e. The number of hydrogen-bond acceptors (Lipinski definition) is 4. The lowest BCUT2D eigenvalue weighted by atomic mass is 10.2. The number of nitrogens with one attached hydrogen (secondary N) is 1. The maximum Gasteiger partial charge on any atom is 0.161 e. The van der Waals surface area contributed by atoms with E-state index >= 15 is 0 Å². The molecule has 0 atom stereocenters. The molecule has 0 saturated heterocycles. The number of halogens is 1. The molecule has 20 heavy (non-hydrogen) atoms. The summed E-state index contributed by atoms with van der Waals surface area (Å²) in [5.74, 6) is 2.39. The van der Waals surface area contributed by atoms with E-state index < -0.39 is 0 Å². The molecule has 106 valence electrons. The quantitative estimate of drug-likeness (QED) is 0.862. The molecular formula is C15H18BrN3O. The molecule has 0 spiro atoms. The summed E-state index contributed by atoms with van der Waals surface area (Å²) >= 11 is 3.46. The fourth-order valence-corrected chi connectivity index (χ4v) is 2.07. The van der Waals surface area contributed by atoms with E-state index in [9.17, 15) is 0 Å². The van der Waals surface area contributed by atoms with Crippen LogP contribution in [0, 0.1) is 0 Å². The van der Waals surface area contributed by atoms with Crippen LogP contribution in [0.3, 0.4) is 0 Å². The Labute approximate surface area is 127 Å². The molecule has 0 aliphatic carbocycles. The minimum atomic E-state index is 0.666. The van der Waals surface area contributed by atoms with Crippen molar-refractivity contribution in [2.75, 3.05) is 18.5 Å². The van der Waals surface area contributed by atoms with E-state index in [0.717, 1.165) is 34.6 Å². The van der Waals surface area contributed by atoms with Gasteiger partial charge in [-0.05, 0) is 53.5 Å². The molecule has 0 amide bonds. The van der Waals surface area contributed by atoms with Crippen LogP contribution in [0.25, 0.3) is 11.4 Å². The first-order chi connectivity index (χ1) is 9.74. The lowest BCUT2D eigenvalue weighted by molar-refractivity contribution is 0.340. The molecule has 0 saturated carbocycles. The molecule has 0 aliphatic heterocycles. The molecule has 1 aromatic carbocycles. The SMILES string of the molecule is CCCNc1nc(-c2ccc(OCC)cc2)ncc1Br. The van der Waals surface area contributed by atoms with Crippen molar-refractivity contribution in [3.05, 3.63) is 34.9 Å². The predicted octanol–water partition coefficient (Wildman–Crippen LogP) is 4.13. The van der Waals surface area contributed by atoms with Gasteiger partial charge in [0, 0.05) is 18.3 Å². The standard InChI is InChI=1S/C15H18BrN3O/c1-3-9-17-15-13(16)10-18-14(19-15)11-5-7-12(8-6-11)20-4-2/h5-8,10H,3-4,9H2,1-2H3,(H,17,18,19). The maximum atomic E-state index is 5.43. The fourth-order valence-electron chi connectivity index (χ4n) is 1.74. The molecule has 0 unspecified atom stereocenters. The van der Waals surface area contributed by atoms with E-state index in [4.69, 9.17) is 4.74 Å². The fraction of sp³-hybridized carbons (Fsp3) is 0.333. The van der Waals surface area contributed by atoms with Crippen molar-refractivity contribution < 1.29 is 4.74 Å². The van der Waals surface area contributed by atoms with Gasteiger partial charge in [-0.3, -0.25) is 0 Å². The highest BCUT2D eigenvalue weighted by atomic mass is 79.9. The average molecular weight is 336 g/mol. The summed E-state index contributed by atoms with van der Waals surface area (Å²) < 4.78 is 6.31. The first-order valence-electron chi connectivity index (χ1n) is 6.74. The van der Waals surface area contributed by atoms with Crippen molar-refractivity contribution >= 4 is 21.7 Å². The Morgan fingerprint density at radius 1 is 1.20 bits per heavy atom. The van der Waals surface area contributed by atoms with Gasteiger partial charge in [0.1, 0.15) is 11.6 Å². The number of aromatic nitrogens is 2. The molecule has 4 nitrogen and oxygen atoms in total. The second kappa shape index (κ2) is 7.24. The van der Waals surface area contributed by atoms with Crippen LogP contribution in [0.1, 0.15) is 20.3 Å². The topological polar surface area (TPSA) is 47.0 Å². The van der Waals surface area contributed by atoms with E-state index in [0.29, 0.717) is 12.4 Å². The Hall–Kier alpha value is -1.62. The van der Waals surface area contributed by atoms with Crippen molar-refractivity contribution in [1.82, 2.24) is 9.97 Å². The Balaban J connectivity index is 2.23. The van der Waals surface area contributed by atoms with Crippen LogP contribution in [0.15, 0.2) is 34.9 Å². The minimum absolute atomic E-state index is 0.666. The zero-order valence-electron chi connectivity index (χ0n) is 11.7. The van der Waals surface area contributed by atoms with Gasteiger partial charge in [0.05, 0.1) is 11.1 Å². The van der Waals surface area contributed by atoms with E-state index in [1.807, 2.05) is 31.2 Å². The molecule has 5 heteroatoms. The van der Waals surface area contributed by atoms with Gasteiger partial charge in [-0.25, -0.2) is 9.97 Å². The van der Waals surface area contributed by atoms with Gasteiger partial charge in [-0.1, -0.05) is 6.92 Å². The Morgan fingerprint density at radius 2 is 1.95 bits per heavy atom. The van der Waals surface area contributed by atoms with Crippen LogP contribution in [0.2, 0.25) is 0 Å². The summed E-state index contributed by atoms with van der Waals surface area (Å²) in [6.07, 6.45) is 2.83. The van der Waals surface area contributed by atoms with E-state index in [-0.39, 0.29) is 0 Å². The van der Waals surface area contributed by atoms with Crippen molar-refractivity contribution in [2.24, 2.45) is 0 Å². The summed E-state index contributed by atoms with van der Waals surface area (Å²) in [7, 11) is 0. The van der Waals surface area contributed by atoms with Gasteiger partial charge in [0.15, 0.2) is 5.82 Å². The number of ether oxygens (including phenoxy) is 1. The third-order valence-corrected chi connectivity index (χ3v) is 3.29. The van der Waals surface area contributed by atoms with Crippen molar-refractivity contribution in [3.8, 4) is 17.1 Å². The van der Waals surface area contributed by atoms with Gasteiger partial charge in [-0.2, -0.15) is 0 Å². The summed E-state index contributed by atoms with van der Waals surface area (Å²) in [5.41, 5.74) is 0.973. The van der Waals surface area contributed by atoms with Crippen LogP contribution >= 0.6 is 15.9 Å². The third-order valence-electron chi connectivity index (χ3n) is 2.71. The second-order valence-corrected chi connectivity index (χ2v) is 5.13. The van der Waals surface area contributed by atoms with E-state index in [2.05, 4.69) is 38.1 Å². The molecule has 1 heterocycles. The van der Waals surface area contributed by atoms with E-state index in [1.54, 1.807) is 6.20 Å². The zero-order valence-corrected chi connectivity index (χ0v) is 13.3. The van der Waals surface area contributed by atoms with E-state index in [1.165, 1.54) is 0 Å². The Morgan fingerprint density at radius 3 is 2.60 bits per heavy atom. The van der Waals surface area contributed by atoms with Crippen LogP contribution in [0.5, 0.6) is 5.75 Å². The molecular weight excluding hydrogens is 318 g/mol. The largest absolute Gasteiger partial charge is 0.494 e. The first-order valence-corrected chi connectivity index (χ1v) is 7.53. The Bertz CT molecular complexity index is 558. The molecule has 2 aromatic rings. The highest BCUT2D eigenvalue weighted by molar-refractivity contribution is 9.10. The van der Waals surface area contributed by atoms with Crippen molar-refractivity contribution in [2.45, 2.75) is 20.3 Å². The monoisotopic (exact) mass is 335 g/mol. The van der Waals surface area contributed by atoms with Crippen LogP contribution in [0.4, 0.5) is 5.82 Å². The number of nitrogens with zero attached hydrogens (tertiary/aromatic N) is 2. The van der Waals surface area contributed by atoms with Gasteiger partial charge in [0.2, 0.25) is 0 Å². The molecule has 0 bridgehead atoms. The summed E-state index contributed by atoms with van der Waals surface area (Å²) in [4.78, 5) is 8.90. The highest BCUT2D eigenvalue weighted by Crippen LogP contribution is 2.24. The lowest BCUT2D eigenvalue weighted by Gasteiger charge is -2.08. The number of hydrogen-bond donors (Lipinski definition) is 1. The van der Waals surface area contributed by atoms with Crippen LogP contribution in [-0.2, 0) is 0 Å².